The van der Waals surface area contributed by atoms with Gasteiger partial charge >= 0.3 is 0 Å². The minimum absolute atomic E-state index is 0.356. The number of aryl methyl sites for hydroxylation is 3. The molecule has 0 bridgehead atoms. The van der Waals surface area contributed by atoms with Crippen LogP contribution in [0.5, 0.6) is 0 Å². The van der Waals surface area contributed by atoms with Gasteiger partial charge in [-0.05, 0) is 78.5 Å². The summed E-state index contributed by atoms with van der Waals surface area (Å²) < 4.78 is 0. The van der Waals surface area contributed by atoms with Crippen molar-refractivity contribution >= 4 is 21.6 Å². The van der Waals surface area contributed by atoms with Crippen LogP contribution in [0.2, 0.25) is 0 Å². The van der Waals surface area contributed by atoms with E-state index in [1.54, 1.807) is 16.0 Å². The molecule has 0 unspecified atom stereocenters. The van der Waals surface area contributed by atoms with Gasteiger partial charge in [-0.1, -0.05) is 51.1 Å². The predicted octanol–water partition coefficient (Wildman–Crippen LogP) is 6.99. The van der Waals surface area contributed by atoms with Gasteiger partial charge in [-0.25, -0.2) is 4.98 Å². The Morgan fingerprint density at radius 2 is 1.74 bits per heavy atom. The van der Waals surface area contributed by atoms with Gasteiger partial charge in [-0.2, -0.15) is 0 Å². The monoisotopic (exact) mass is 375 g/mol. The van der Waals surface area contributed by atoms with Crippen molar-refractivity contribution in [2.45, 2.75) is 65.7 Å². The summed E-state index contributed by atoms with van der Waals surface area (Å²) in [6.45, 7) is 7.22. The minimum Gasteiger partial charge on any atom is -0.242 e. The largest absolute Gasteiger partial charge is 0.242 e. The van der Waals surface area contributed by atoms with E-state index < -0.39 is 0 Å². The van der Waals surface area contributed by atoms with E-state index in [1.165, 1.54) is 65.6 Å². The van der Waals surface area contributed by atoms with Crippen molar-refractivity contribution in [1.29, 1.82) is 0 Å². The van der Waals surface area contributed by atoms with Gasteiger partial charge in [0.2, 0.25) is 0 Å². The van der Waals surface area contributed by atoms with E-state index in [1.807, 2.05) is 11.3 Å². The Balaban J connectivity index is 1.80. The summed E-state index contributed by atoms with van der Waals surface area (Å²) >= 11 is 1.98. The average Bonchev–Trinajstić information content (AvgIpc) is 3.03. The van der Waals surface area contributed by atoms with Crippen LogP contribution in [0.25, 0.3) is 21.3 Å². The lowest BCUT2D eigenvalue weighted by molar-refractivity contribution is 0.215. The Morgan fingerprint density at radius 1 is 0.963 bits per heavy atom. The highest BCUT2D eigenvalue weighted by Crippen LogP contribution is 2.46. The van der Waals surface area contributed by atoms with Crippen molar-refractivity contribution in [1.82, 2.24) is 4.98 Å². The second-order valence-electron chi connectivity index (χ2n) is 9.47. The van der Waals surface area contributed by atoms with Crippen LogP contribution in [0.15, 0.2) is 30.3 Å². The zero-order valence-electron chi connectivity index (χ0n) is 16.8. The molecule has 3 aromatic rings. The Labute approximate surface area is 166 Å². The number of nitrogens with zero attached hydrogens (tertiary/aromatic N) is 1. The number of hydrogen-bond acceptors (Lipinski definition) is 2. The van der Waals surface area contributed by atoms with E-state index in [2.05, 4.69) is 51.1 Å². The number of pyridine rings is 1. The van der Waals surface area contributed by atoms with Gasteiger partial charge in [0, 0.05) is 16.0 Å². The molecule has 0 spiro atoms. The van der Waals surface area contributed by atoms with Gasteiger partial charge in [0.15, 0.2) is 0 Å². The van der Waals surface area contributed by atoms with Crippen molar-refractivity contribution in [3.63, 3.8) is 0 Å². The van der Waals surface area contributed by atoms with Crippen LogP contribution in [-0.4, -0.2) is 4.98 Å². The molecule has 1 aromatic carbocycles. The first-order chi connectivity index (χ1) is 13.0. The molecule has 1 nitrogen and oxygen atoms in total. The first-order valence-corrected chi connectivity index (χ1v) is 11.4. The average molecular weight is 376 g/mol. The molecule has 0 fully saturated rings. The molecule has 0 aliphatic heterocycles. The summed E-state index contributed by atoms with van der Waals surface area (Å²) in [6, 6.07) is 11.1. The molecule has 0 saturated heterocycles. The van der Waals surface area contributed by atoms with Crippen LogP contribution in [0.3, 0.4) is 0 Å². The molecule has 27 heavy (non-hydrogen) atoms. The van der Waals surface area contributed by atoms with E-state index in [0.29, 0.717) is 5.41 Å². The summed E-state index contributed by atoms with van der Waals surface area (Å²) in [7, 11) is 0. The van der Waals surface area contributed by atoms with Crippen molar-refractivity contribution in [2.24, 2.45) is 11.3 Å². The SMILES string of the molecule is CC(C)(C)[C@@H]1CCc2nc3sc4c(c3c(-c3ccccc3)c2C1)CCCC4. The number of rotatable bonds is 1. The lowest BCUT2D eigenvalue weighted by Gasteiger charge is -2.35. The van der Waals surface area contributed by atoms with Crippen molar-refractivity contribution in [2.75, 3.05) is 0 Å². The Bertz CT molecular complexity index is 991. The van der Waals surface area contributed by atoms with Gasteiger partial charge in [0.25, 0.3) is 0 Å². The van der Waals surface area contributed by atoms with Gasteiger partial charge in [-0.3, -0.25) is 0 Å². The third-order valence-corrected chi connectivity index (χ3v) is 7.94. The molecule has 2 aliphatic carbocycles. The quantitative estimate of drug-likeness (QED) is 0.446. The molecular weight excluding hydrogens is 346 g/mol. The molecule has 0 radical (unpaired) electrons. The van der Waals surface area contributed by atoms with Crippen molar-refractivity contribution in [3.8, 4) is 11.1 Å². The standard InChI is InChI=1S/C25H29NS/c1-25(2,3)17-13-14-20-19(15-17)22(16-9-5-4-6-10-16)23-18-11-7-8-12-21(18)27-24(23)26-20/h4-6,9-10,17H,7-8,11-15H2,1-3H3/t17-/m1/s1. The van der Waals surface area contributed by atoms with E-state index in [4.69, 9.17) is 4.98 Å². The smallest absolute Gasteiger partial charge is 0.124 e. The van der Waals surface area contributed by atoms with E-state index in [9.17, 15) is 0 Å². The topological polar surface area (TPSA) is 12.9 Å². The molecule has 2 aromatic heterocycles. The van der Waals surface area contributed by atoms with Crippen LogP contribution in [0.1, 0.15) is 61.7 Å². The molecule has 2 aliphatic rings. The van der Waals surface area contributed by atoms with Crippen LogP contribution in [-0.2, 0) is 25.7 Å². The number of fused-ring (bicyclic) bond motifs is 4. The summed E-state index contributed by atoms with van der Waals surface area (Å²) in [5.41, 5.74) is 7.81. The highest BCUT2D eigenvalue weighted by molar-refractivity contribution is 7.19. The second kappa shape index (κ2) is 6.44. The molecule has 2 heterocycles. The first kappa shape index (κ1) is 17.4. The molecule has 0 saturated carbocycles. The van der Waals surface area contributed by atoms with Crippen LogP contribution < -0.4 is 0 Å². The number of aromatic nitrogens is 1. The van der Waals surface area contributed by atoms with E-state index in [-0.39, 0.29) is 0 Å². The summed E-state index contributed by atoms with van der Waals surface area (Å²) in [5, 5.41) is 1.49. The fourth-order valence-corrected chi connectivity index (χ4v) is 6.41. The maximum Gasteiger partial charge on any atom is 0.124 e. The van der Waals surface area contributed by atoms with E-state index >= 15 is 0 Å². The molecule has 1 atom stereocenters. The van der Waals surface area contributed by atoms with Gasteiger partial charge in [-0.15, -0.1) is 11.3 Å². The molecule has 140 valence electrons. The zero-order chi connectivity index (χ0) is 18.6. The highest BCUT2D eigenvalue weighted by atomic mass is 32.1. The molecule has 0 N–H and O–H groups in total. The normalized spacial score (nSPS) is 19.7. The summed E-state index contributed by atoms with van der Waals surface area (Å²) in [4.78, 5) is 8.15. The Kier molecular flexibility index (Phi) is 4.16. The second-order valence-corrected chi connectivity index (χ2v) is 10.6. The van der Waals surface area contributed by atoms with E-state index in [0.717, 1.165) is 12.3 Å². The Hall–Kier alpha value is -1.67. The molecule has 0 amide bonds. The van der Waals surface area contributed by atoms with Crippen molar-refractivity contribution in [3.05, 3.63) is 52.0 Å². The molecule has 2 heteroatoms. The summed E-state index contributed by atoms with van der Waals surface area (Å²) in [5.74, 6) is 0.737. The van der Waals surface area contributed by atoms with Crippen LogP contribution in [0, 0.1) is 11.3 Å². The number of hydrogen-bond donors (Lipinski definition) is 0. The van der Waals surface area contributed by atoms with Crippen LogP contribution in [0.4, 0.5) is 0 Å². The third-order valence-electron chi connectivity index (χ3n) is 6.76. The maximum atomic E-state index is 5.24. The molecule has 5 rings (SSSR count). The fraction of sp³-hybridized carbons (Fsp3) is 0.480. The third kappa shape index (κ3) is 2.93. The fourth-order valence-electron chi connectivity index (χ4n) is 5.12. The van der Waals surface area contributed by atoms with Gasteiger partial charge in [0.05, 0.1) is 0 Å². The maximum absolute atomic E-state index is 5.24. The lowest BCUT2D eigenvalue weighted by Crippen LogP contribution is -2.27. The first-order valence-electron chi connectivity index (χ1n) is 10.5. The summed E-state index contributed by atoms with van der Waals surface area (Å²) in [6.07, 6.45) is 8.74. The van der Waals surface area contributed by atoms with Crippen LogP contribution >= 0.6 is 11.3 Å². The highest BCUT2D eigenvalue weighted by Gasteiger charge is 2.33. The Morgan fingerprint density at radius 3 is 2.52 bits per heavy atom. The minimum atomic E-state index is 0.356. The number of thiophene rings is 1. The number of benzene rings is 1. The predicted molar refractivity (Wildman–Crippen MR) is 117 cm³/mol. The zero-order valence-corrected chi connectivity index (χ0v) is 17.6. The van der Waals surface area contributed by atoms with Gasteiger partial charge in [0.1, 0.15) is 4.83 Å². The van der Waals surface area contributed by atoms with Gasteiger partial charge < -0.3 is 0 Å². The van der Waals surface area contributed by atoms with Crippen molar-refractivity contribution < 1.29 is 0 Å². The molecular formula is C25H29NS. The lowest BCUT2D eigenvalue weighted by atomic mass is 9.70.